The Bertz CT molecular complexity index is 7750. The van der Waals surface area contributed by atoms with Gasteiger partial charge in [0, 0.05) is 98.5 Å². The molecule has 1 aliphatic rings. The van der Waals surface area contributed by atoms with Crippen LogP contribution in [0.25, 0.3) is 153 Å². The van der Waals surface area contributed by atoms with Crippen molar-refractivity contribution in [2.75, 3.05) is 16.9 Å². The molecule has 1 N–H and O–H groups in total. The van der Waals surface area contributed by atoms with Crippen LogP contribution in [0.5, 0.6) is 5.75 Å². The summed E-state index contributed by atoms with van der Waals surface area (Å²) in [7, 11) is 1.69. The summed E-state index contributed by atoms with van der Waals surface area (Å²) in [6, 6.07) is 96.3. The Kier molecular flexibility index (Phi) is 13.3. The maximum absolute atomic E-state index is 9.74. The predicted molar refractivity (Wildman–Crippen MR) is 462 cm³/mol. The molecule has 528 valence electrons. The highest BCUT2D eigenvalue weighted by molar-refractivity contribution is 7.99. The van der Waals surface area contributed by atoms with Gasteiger partial charge in [-0.15, -0.1) is 22.7 Å². The van der Waals surface area contributed by atoms with Crippen LogP contribution in [-0.4, -0.2) is 30.5 Å². The molecule has 23 rings (SSSR count). The van der Waals surface area contributed by atoms with Gasteiger partial charge in [0.25, 0.3) is 0 Å². The number of nitrogens with zero attached hydrogens (tertiary/aromatic N) is 6. The van der Waals surface area contributed by atoms with Gasteiger partial charge in [0.2, 0.25) is 11.8 Å². The lowest BCUT2D eigenvalue weighted by Crippen LogP contribution is -2.14. The molecular weight excluding hydrogens is 1420 g/mol. The van der Waals surface area contributed by atoms with E-state index in [1.165, 1.54) is 59.2 Å². The number of aromatic nitrogens is 4. The van der Waals surface area contributed by atoms with Crippen LogP contribution in [0, 0.1) is 0 Å². The lowest BCUT2D eigenvalue weighted by atomic mass is 9.96. The standard InChI is InChI=1S/C52H31N3O2S.C46H33N3O2S2/c1-9-21-44-33(13-1)29-48(56-44)54-40-17-5-3-15-36(40)39-31-38(32-25-27-35(28-26-32)53-42-19-7-11-23-46(42)58-47-24-12-8-20-43(47)53)50-37-16-4-6-18-41(37)55(52(50)51(39)54)49-30-34-14-2-10-22-45(34)57-49;1-51-35-24-22-34(23-25-35)47(32-18-14-30(29-50)15-19-32)33-20-16-31(17-21-33)38-28-39-36-8-2-4-10-40(36)48(42-12-6-26-52-42)45(39)46-44(38)37-9-3-5-11-41(37)49(46)43-13-7-27-53-43/h1-31H;2-28,50H,29H2,1H3/i3D,4D,5D,6D,15D,16D,17D,18D;. The van der Waals surface area contributed by atoms with Crippen LogP contribution < -0.4 is 14.5 Å². The molecule has 0 radical (unpaired) electrons. The van der Waals surface area contributed by atoms with Gasteiger partial charge >= 0.3 is 0 Å². The largest absolute Gasteiger partial charge is 0.497 e. The van der Waals surface area contributed by atoms with Gasteiger partial charge in [0.05, 0.1) is 80.2 Å². The Hall–Kier alpha value is -13.5. The smallest absolute Gasteiger partial charge is 0.205 e. The lowest BCUT2D eigenvalue weighted by molar-refractivity contribution is 0.282. The van der Waals surface area contributed by atoms with E-state index in [9.17, 15) is 10.6 Å². The molecule has 10 nitrogen and oxygen atoms in total. The summed E-state index contributed by atoms with van der Waals surface area (Å²) in [5.74, 6) is 1.36. The van der Waals surface area contributed by atoms with E-state index in [0.29, 0.717) is 44.1 Å². The van der Waals surface area contributed by atoms with Crippen LogP contribution in [0.4, 0.5) is 34.1 Å². The van der Waals surface area contributed by atoms with Crippen molar-refractivity contribution in [2.45, 2.75) is 16.4 Å². The molecule has 0 spiro atoms. The molecule has 22 aromatic rings. The Morgan fingerprint density at radius 2 is 0.856 bits per heavy atom. The quantitative estimate of drug-likeness (QED) is 0.130. The normalized spacial score (nSPS) is 13.2. The first-order valence-corrected chi connectivity index (χ1v) is 39.0. The molecule has 8 aromatic heterocycles. The molecule has 0 saturated carbocycles. The van der Waals surface area contributed by atoms with Crippen molar-refractivity contribution in [3.63, 3.8) is 0 Å². The molecule has 13 heteroatoms. The van der Waals surface area contributed by atoms with Crippen LogP contribution in [0.3, 0.4) is 0 Å². The number of fused-ring (bicyclic) bond motifs is 18. The first-order chi connectivity index (χ1) is 58.3. The number of rotatable bonds is 12. The van der Waals surface area contributed by atoms with Crippen molar-refractivity contribution in [1.29, 1.82) is 0 Å². The third kappa shape index (κ3) is 10.3. The third-order valence-corrected chi connectivity index (χ3v) is 24.2. The second-order valence-corrected chi connectivity index (χ2v) is 30.3. The minimum Gasteiger partial charge on any atom is -0.497 e. The van der Waals surface area contributed by atoms with Crippen LogP contribution in [-0.2, 0) is 6.61 Å². The van der Waals surface area contributed by atoms with Gasteiger partial charge in [0.1, 0.15) is 26.9 Å². The van der Waals surface area contributed by atoms with E-state index in [2.05, 4.69) is 181 Å². The van der Waals surface area contributed by atoms with Crippen molar-refractivity contribution in [3.8, 4) is 49.8 Å². The minimum atomic E-state index is -0.424. The van der Waals surface area contributed by atoms with Crippen LogP contribution >= 0.6 is 34.4 Å². The zero-order valence-corrected chi connectivity index (χ0v) is 61.6. The maximum Gasteiger partial charge on any atom is 0.205 e. The predicted octanol–water partition coefficient (Wildman–Crippen LogP) is 27.6. The summed E-state index contributed by atoms with van der Waals surface area (Å²) in [5, 5.41) is 24.3. The fourth-order valence-corrected chi connectivity index (χ4v) is 19.0. The summed E-state index contributed by atoms with van der Waals surface area (Å²) in [6.45, 7) is 0.00517. The second kappa shape index (κ2) is 26.1. The number of methoxy groups -OCH3 is 1. The van der Waals surface area contributed by atoms with Crippen LogP contribution in [0.15, 0.2) is 369 Å². The van der Waals surface area contributed by atoms with E-state index >= 15 is 0 Å². The van der Waals surface area contributed by atoms with Crippen molar-refractivity contribution < 1.29 is 29.6 Å². The summed E-state index contributed by atoms with van der Waals surface area (Å²) >= 11 is 5.25. The van der Waals surface area contributed by atoms with Gasteiger partial charge in [-0.2, -0.15) is 0 Å². The highest BCUT2D eigenvalue weighted by Crippen LogP contribution is 2.54. The van der Waals surface area contributed by atoms with E-state index in [0.717, 1.165) is 71.6 Å². The molecule has 14 aromatic carbocycles. The SMILES string of the molecule is COc1ccc(N(c2ccc(CO)cc2)c2ccc(-c3cc4c5ccccc5n(-c5cccs5)c4c4c3c3ccccc3n4-c3cccs3)cc2)cc1.[2H]c1c([2H])c([2H])c2c(c1[2H])c1cc(-c3ccc(N4c5ccccc5Sc5ccccc54)cc3)c3c4c([2H])c([2H])c([2H])c([2H])c4n(-c4cc5ccccc5o4)c3c1n2-c1cc2ccccc2o1. The summed E-state index contributed by atoms with van der Waals surface area (Å²) in [4.78, 5) is 6.70. The molecule has 111 heavy (non-hydrogen) atoms. The number of ether oxygens (including phenoxy) is 1. The summed E-state index contributed by atoms with van der Waals surface area (Å²) in [6.07, 6.45) is 0. The Labute approximate surface area is 660 Å². The zero-order chi connectivity index (χ0) is 80.3. The fourth-order valence-electron chi connectivity index (χ4n) is 16.5. The molecule has 1 aliphatic heterocycles. The number of furan rings is 2. The first kappa shape index (κ1) is 56.7. The zero-order valence-electron chi connectivity index (χ0n) is 67.2. The lowest BCUT2D eigenvalue weighted by Gasteiger charge is -2.32. The van der Waals surface area contributed by atoms with E-state index in [-0.39, 0.29) is 64.4 Å². The number of hydrogen-bond donors (Lipinski definition) is 1. The summed E-state index contributed by atoms with van der Waals surface area (Å²) < 4.78 is 101. The van der Waals surface area contributed by atoms with E-state index in [4.69, 9.17) is 19.1 Å². The van der Waals surface area contributed by atoms with Crippen LogP contribution in [0.2, 0.25) is 0 Å². The second-order valence-electron chi connectivity index (χ2n) is 27.4. The highest BCUT2D eigenvalue weighted by atomic mass is 32.2. The van der Waals surface area contributed by atoms with Crippen molar-refractivity contribution in [3.05, 3.63) is 356 Å². The number of hydrogen-bond acceptors (Lipinski definition) is 9. The monoisotopic (exact) mass is 1490 g/mol. The topological polar surface area (TPSA) is 81.9 Å². The molecule has 0 aliphatic carbocycles. The van der Waals surface area contributed by atoms with Gasteiger partial charge in [-0.25, -0.2) is 0 Å². The molecule has 0 saturated heterocycles. The number of thiophene rings is 2. The van der Waals surface area contributed by atoms with E-state index in [1.54, 1.807) is 50.7 Å². The van der Waals surface area contributed by atoms with Gasteiger partial charge in [-0.1, -0.05) is 181 Å². The van der Waals surface area contributed by atoms with Gasteiger partial charge < -0.3 is 28.5 Å². The molecule has 9 heterocycles. The Morgan fingerprint density at radius 3 is 1.44 bits per heavy atom. The average molecular weight is 1490 g/mol. The third-order valence-electron chi connectivity index (χ3n) is 21.3. The van der Waals surface area contributed by atoms with Gasteiger partial charge in [-0.3, -0.25) is 18.3 Å². The highest BCUT2D eigenvalue weighted by Gasteiger charge is 2.30. The number of aliphatic hydroxyl groups excluding tert-OH is 1. The minimum absolute atomic E-state index is 0.00517. The first-order valence-electron chi connectivity index (χ1n) is 40.4. The molecule has 0 unspecified atom stereocenters. The Balaban J connectivity index is 0.000000147. The molecular formula is C98H64N6O4S3. The van der Waals surface area contributed by atoms with Gasteiger partial charge in [0.15, 0.2) is 0 Å². The summed E-state index contributed by atoms with van der Waals surface area (Å²) in [5.41, 5.74) is 17.6. The maximum atomic E-state index is 9.74. The average Bonchev–Trinajstić information content (AvgIpc) is 1.52. The number of anilines is 6. The van der Waals surface area contributed by atoms with E-state index < -0.39 is 24.2 Å². The van der Waals surface area contributed by atoms with Crippen molar-refractivity contribution in [1.82, 2.24) is 18.3 Å². The fraction of sp³-hybridized carbons (Fsp3) is 0.0204. The van der Waals surface area contributed by atoms with Gasteiger partial charge in [-0.05, 0) is 196 Å². The molecule has 0 bridgehead atoms. The number of benzene rings is 14. The Morgan fingerprint density at radius 1 is 0.396 bits per heavy atom. The molecule has 0 fully saturated rings. The van der Waals surface area contributed by atoms with Crippen molar-refractivity contribution in [2.24, 2.45) is 0 Å². The van der Waals surface area contributed by atoms with Crippen LogP contribution in [0.1, 0.15) is 16.5 Å². The van der Waals surface area contributed by atoms with E-state index in [1.807, 2.05) is 140 Å². The number of para-hydroxylation sites is 8. The van der Waals surface area contributed by atoms with Crippen molar-refractivity contribution >= 4 is 178 Å². The molecule has 0 amide bonds. The number of aliphatic hydroxyl groups is 1. The molecule has 0 atom stereocenters.